The zero-order valence-corrected chi connectivity index (χ0v) is 13.4. The normalized spacial score (nSPS) is 12.4. The summed E-state index contributed by atoms with van der Waals surface area (Å²) < 4.78 is 5.58. The molecule has 1 atom stereocenters. The molecule has 1 unspecified atom stereocenters. The Bertz CT molecular complexity index is 366. The van der Waals surface area contributed by atoms with Crippen molar-refractivity contribution in [3.05, 3.63) is 18.3 Å². The summed E-state index contributed by atoms with van der Waals surface area (Å²) in [6, 6.07) is 4.27. The molecule has 1 aromatic heterocycles. The summed E-state index contributed by atoms with van der Waals surface area (Å²) >= 11 is 0. The fraction of sp³-hybridized carbons (Fsp3) is 0.688. The van der Waals surface area contributed by atoms with Gasteiger partial charge in [0.1, 0.15) is 0 Å². The molecule has 1 heterocycles. The third-order valence-corrected chi connectivity index (χ3v) is 3.46. The number of nitrogens with one attached hydrogen (secondary N) is 1. The second-order valence-electron chi connectivity index (χ2n) is 5.00. The monoisotopic (exact) mass is 279 g/mol. The molecule has 20 heavy (non-hydrogen) atoms. The first kappa shape index (κ1) is 16.8. The van der Waals surface area contributed by atoms with Crippen LogP contribution < -0.4 is 10.1 Å². The van der Waals surface area contributed by atoms with Crippen molar-refractivity contribution in [1.29, 1.82) is 0 Å². The standard InChI is InChI=1S/C16H29N3O/c1-5-19(6-2)13-9-10-14(4)18-16-15(20-7-3)11-8-12-17-16/h8,11-12,14H,5-7,9-10,13H2,1-4H3,(H,17,18). The van der Waals surface area contributed by atoms with Gasteiger partial charge in [0.25, 0.3) is 0 Å². The molecule has 114 valence electrons. The summed E-state index contributed by atoms with van der Waals surface area (Å²) in [5.41, 5.74) is 0. The predicted octanol–water partition coefficient (Wildman–Crippen LogP) is 3.40. The van der Waals surface area contributed by atoms with Gasteiger partial charge >= 0.3 is 0 Å². The molecule has 1 N–H and O–H groups in total. The van der Waals surface area contributed by atoms with Crippen molar-refractivity contribution in [2.24, 2.45) is 0 Å². The van der Waals surface area contributed by atoms with E-state index in [0.717, 1.165) is 31.1 Å². The zero-order chi connectivity index (χ0) is 14.8. The molecular weight excluding hydrogens is 250 g/mol. The molecule has 0 aliphatic heterocycles. The lowest BCUT2D eigenvalue weighted by Crippen LogP contribution is -2.25. The highest BCUT2D eigenvalue weighted by Gasteiger charge is 2.08. The number of aromatic nitrogens is 1. The number of ether oxygens (including phenoxy) is 1. The molecule has 0 saturated carbocycles. The van der Waals surface area contributed by atoms with Gasteiger partial charge in [-0.2, -0.15) is 0 Å². The molecule has 0 aliphatic carbocycles. The fourth-order valence-electron chi connectivity index (χ4n) is 2.24. The van der Waals surface area contributed by atoms with E-state index < -0.39 is 0 Å². The van der Waals surface area contributed by atoms with E-state index in [0.29, 0.717) is 12.6 Å². The minimum atomic E-state index is 0.402. The maximum atomic E-state index is 5.58. The number of pyridine rings is 1. The fourth-order valence-corrected chi connectivity index (χ4v) is 2.24. The molecular formula is C16H29N3O. The van der Waals surface area contributed by atoms with Crippen LogP contribution in [0.5, 0.6) is 5.75 Å². The quantitative estimate of drug-likeness (QED) is 0.712. The van der Waals surface area contributed by atoms with Gasteiger partial charge < -0.3 is 15.0 Å². The van der Waals surface area contributed by atoms with Crippen LogP contribution in [0.15, 0.2) is 18.3 Å². The van der Waals surface area contributed by atoms with Crippen molar-refractivity contribution in [2.75, 3.05) is 31.6 Å². The van der Waals surface area contributed by atoms with Crippen LogP contribution in [-0.2, 0) is 0 Å². The van der Waals surface area contributed by atoms with Crippen LogP contribution in [0.4, 0.5) is 5.82 Å². The Labute approximate surface area is 123 Å². The summed E-state index contributed by atoms with van der Waals surface area (Å²) in [5, 5.41) is 3.45. The van der Waals surface area contributed by atoms with Crippen LogP contribution in [0.2, 0.25) is 0 Å². The van der Waals surface area contributed by atoms with Crippen LogP contribution >= 0.6 is 0 Å². The van der Waals surface area contributed by atoms with Crippen LogP contribution in [0.1, 0.15) is 40.5 Å². The number of anilines is 1. The van der Waals surface area contributed by atoms with E-state index in [9.17, 15) is 0 Å². The second kappa shape index (κ2) is 9.59. The van der Waals surface area contributed by atoms with Gasteiger partial charge in [-0.1, -0.05) is 13.8 Å². The first-order chi connectivity index (χ1) is 9.71. The van der Waals surface area contributed by atoms with Crippen molar-refractivity contribution in [2.45, 2.75) is 46.6 Å². The first-order valence-corrected chi connectivity index (χ1v) is 7.77. The van der Waals surface area contributed by atoms with Crippen molar-refractivity contribution < 1.29 is 4.74 Å². The predicted molar refractivity (Wildman–Crippen MR) is 85.5 cm³/mol. The van der Waals surface area contributed by atoms with Gasteiger partial charge in [-0.3, -0.25) is 0 Å². The van der Waals surface area contributed by atoms with Gasteiger partial charge in [0.05, 0.1) is 6.61 Å². The Balaban J connectivity index is 2.40. The van der Waals surface area contributed by atoms with Crippen molar-refractivity contribution >= 4 is 5.82 Å². The van der Waals surface area contributed by atoms with E-state index in [-0.39, 0.29) is 0 Å². The first-order valence-electron chi connectivity index (χ1n) is 7.77. The van der Waals surface area contributed by atoms with Gasteiger partial charge in [-0.15, -0.1) is 0 Å². The van der Waals surface area contributed by atoms with Crippen LogP contribution in [0.25, 0.3) is 0 Å². The lowest BCUT2D eigenvalue weighted by Gasteiger charge is -2.20. The molecule has 1 aromatic rings. The number of rotatable bonds is 10. The molecule has 4 heteroatoms. The van der Waals surface area contributed by atoms with E-state index >= 15 is 0 Å². The largest absolute Gasteiger partial charge is 0.490 e. The van der Waals surface area contributed by atoms with Crippen molar-refractivity contribution in [1.82, 2.24) is 9.88 Å². The average Bonchev–Trinajstić information content (AvgIpc) is 2.46. The molecule has 0 fully saturated rings. The Morgan fingerprint density at radius 2 is 2.05 bits per heavy atom. The highest BCUT2D eigenvalue weighted by molar-refractivity contribution is 5.49. The van der Waals surface area contributed by atoms with Gasteiger partial charge in [-0.25, -0.2) is 4.98 Å². The Kier molecular flexibility index (Phi) is 8.04. The topological polar surface area (TPSA) is 37.4 Å². The van der Waals surface area contributed by atoms with E-state index in [1.165, 1.54) is 13.0 Å². The SMILES string of the molecule is CCOc1cccnc1NC(C)CCCN(CC)CC. The average molecular weight is 279 g/mol. The summed E-state index contributed by atoms with van der Waals surface area (Å²) in [5.74, 6) is 1.69. The van der Waals surface area contributed by atoms with Gasteiger partial charge in [0, 0.05) is 12.2 Å². The van der Waals surface area contributed by atoms with Crippen molar-refractivity contribution in [3.63, 3.8) is 0 Å². The Hall–Kier alpha value is -1.29. The Morgan fingerprint density at radius 1 is 1.30 bits per heavy atom. The van der Waals surface area contributed by atoms with E-state index in [1.807, 2.05) is 19.1 Å². The number of nitrogens with zero attached hydrogens (tertiary/aromatic N) is 2. The highest BCUT2D eigenvalue weighted by Crippen LogP contribution is 2.22. The van der Waals surface area contributed by atoms with Gasteiger partial charge in [0.2, 0.25) is 0 Å². The molecule has 0 radical (unpaired) electrons. The summed E-state index contributed by atoms with van der Waals surface area (Å²) in [4.78, 5) is 6.82. The van der Waals surface area contributed by atoms with Gasteiger partial charge in [-0.05, 0) is 58.5 Å². The number of hydrogen-bond donors (Lipinski definition) is 1. The summed E-state index contributed by atoms with van der Waals surface area (Å²) in [7, 11) is 0. The lowest BCUT2D eigenvalue weighted by molar-refractivity contribution is 0.295. The molecule has 4 nitrogen and oxygen atoms in total. The highest BCUT2D eigenvalue weighted by atomic mass is 16.5. The minimum Gasteiger partial charge on any atom is -0.490 e. The molecule has 1 rings (SSSR count). The number of hydrogen-bond acceptors (Lipinski definition) is 4. The van der Waals surface area contributed by atoms with Crippen LogP contribution in [-0.4, -0.2) is 42.2 Å². The third kappa shape index (κ3) is 5.78. The van der Waals surface area contributed by atoms with E-state index in [2.05, 4.69) is 36.0 Å². The minimum absolute atomic E-state index is 0.402. The van der Waals surface area contributed by atoms with E-state index in [4.69, 9.17) is 4.74 Å². The summed E-state index contributed by atoms with van der Waals surface area (Å²) in [6.45, 7) is 12.7. The molecule has 0 aliphatic rings. The summed E-state index contributed by atoms with van der Waals surface area (Å²) in [6.07, 6.45) is 4.14. The maximum Gasteiger partial charge on any atom is 0.168 e. The molecule has 0 amide bonds. The lowest BCUT2D eigenvalue weighted by atomic mass is 10.1. The smallest absolute Gasteiger partial charge is 0.168 e. The maximum absolute atomic E-state index is 5.58. The second-order valence-corrected chi connectivity index (χ2v) is 5.00. The van der Waals surface area contributed by atoms with Gasteiger partial charge in [0.15, 0.2) is 11.6 Å². The van der Waals surface area contributed by atoms with E-state index in [1.54, 1.807) is 6.20 Å². The Morgan fingerprint density at radius 3 is 2.70 bits per heavy atom. The molecule has 0 bridgehead atoms. The third-order valence-electron chi connectivity index (χ3n) is 3.46. The van der Waals surface area contributed by atoms with Crippen LogP contribution in [0.3, 0.4) is 0 Å². The molecule has 0 spiro atoms. The van der Waals surface area contributed by atoms with Crippen LogP contribution in [0, 0.1) is 0 Å². The van der Waals surface area contributed by atoms with Crippen molar-refractivity contribution in [3.8, 4) is 5.75 Å². The molecule has 0 aromatic carbocycles. The molecule has 0 saturated heterocycles. The zero-order valence-electron chi connectivity index (χ0n) is 13.4.